The van der Waals surface area contributed by atoms with E-state index in [9.17, 15) is 13.6 Å². The van der Waals surface area contributed by atoms with E-state index in [1.807, 2.05) is 13.8 Å². The smallest absolute Gasteiger partial charge is 0.348 e. The zero-order valence-corrected chi connectivity index (χ0v) is 11.7. The number of rotatable bonds is 3. The summed E-state index contributed by atoms with van der Waals surface area (Å²) in [4.78, 5) is 11.5. The highest BCUT2D eigenvalue weighted by Gasteiger charge is 2.25. The Morgan fingerprint density at radius 3 is 2.55 bits per heavy atom. The molecule has 0 spiro atoms. The van der Waals surface area contributed by atoms with Gasteiger partial charge in [0, 0.05) is 10.4 Å². The lowest BCUT2D eigenvalue weighted by molar-refractivity contribution is 0.0703. The number of carboxylic acid groups (broad SMARTS) is 1. The summed E-state index contributed by atoms with van der Waals surface area (Å²) in [7, 11) is 0. The van der Waals surface area contributed by atoms with Gasteiger partial charge in [0.1, 0.15) is 4.88 Å². The van der Waals surface area contributed by atoms with Crippen molar-refractivity contribution in [3.05, 3.63) is 40.3 Å². The van der Waals surface area contributed by atoms with Crippen molar-refractivity contribution in [1.82, 2.24) is 0 Å². The van der Waals surface area contributed by atoms with Crippen LogP contribution in [-0.2, 0) is 0 Å². The second-order valence-electron chi connectivity index (χ2n) is 4.65. The molecular weight excluding hydrogens is 284 g/mol. The highest BCUT2D eigenvalue weighted by Crippen LogP contribution is 2.43. The fraction of sp³-hybridized carbons (Fsp3) is 0.214. The lowest BCUT2D eigenvalue weighted by atomic mass is 9.98. The number of nitrogens with two attached hydrogens (primary N) is 1. The van der Waals surface area contributed by atoms with E-state index < -0.39 is 17.6 Å². The van der Waals surface area contributed by atoms with Crippen LogP contribution in [0.5, 0.6) is 0 Å². The van der Waals surface area contributed by atoms with E-state index >= 15 is 0 Å². The fourth-order valence-corrected chi connectivity index (χ4v) is 3.30. The van der Waals surface area contributed by atoms with Crippen molar-refractivity contribution in [2.45, 2.75) is 19.8 Å². The Bertz CT molecular complexity index is 680. The van der Waals surface area contributed by atoms with Crippen LogP contribution < -0.4 is 5.73 Å². The van der Waals surface area contributed by atoms with Crippen LogP contribution in [0.2, 0.25) is 0 Å². The summed E-state index contributed by atoms with van der Waals surface area (Å²) in [5.74, 6) is -3.23. The molecule has 0 saturated heterocycles. The Labute approximate surface area is 118 Å². The van der Waals surface area contributed by atoms with Crippen molar-refractivity contribution in [3.8, 4) is 10.4 Å². The van der Waals surface area contributed by atoms with Crippen LogP contribution in [0.25, 0.3) is 10.4 Å². The van der Waals surface area contributed by atoms with Crippen molar-refractivity contribution < 1.29 is 18.7 Å². The first-order valence-electron chi connectivity index (χ1n) is 5.94. The predicted molar refractivity (Wildman–Crippen MR) is 75.1 cm³/mol. The van der Waals surface area contributed by atoms with Gasteiger partial charge in [0.15, 0.2) is 11.6 Å². The molecule has 0 aliphatic carbocycles. The molecule has 0 aliphatic heterocycles. The molecule has 0 unspecified atom stereocenters. The standard InChI is InChI=1S/C14H13F2NO2S/c1-6(2)9-11(17)13(14(18)19)20-12(9)7-4-3-5-8(15)10(7)16/h3-6H,17H2,1-2H3,(H,18,19). The minimum Gasteiger partial charge on any atom is -0.477 e. The third kappa shape index (κ3) is 2.27. The molecule has 2 rings (SSSR count). The Balaban J connectivity index is 2.76. The molecule has 20 heavy (non-hydrogen) atoms. The first kappa shape index (κ1) is 14.5. The van der Waals surface area contributed by atoms with Gasteiger partial charge in [-0.2, -0.15) is 0 Å². The van der Waals surface area contributed by atoms with E-state index in [2.05, 4.69) is 0 Å². The molecule has 0 atom stereocenters. The first-order valence-corrected chi connectivity index (χ1v) is 6.76. The fourth-order valence-electron chi connectivity index (χ4n) is 2.07. The van der Waals surface area contributed by atoms with Crippen LogP contribution in [0, 0.1) is 11.6 Å². The van der Waals surface area contributed by atoms with E-state index in [1.54, 1.807) is 0 Å². The Morgan fingerprint density at radius 1 is 1.35 bits per heavy atom. The van der Waals surface area contributed by atoms with Gasteiger partial charge in [0.05, 0.1) is 5.69 Å². The van der Waals surface area contributed by atoms with Crippen LogP contribution in [-0.4, -0.2) is 11.1 Å². The van der Waals surface area contributed by atoms with Gasteiger partial charge < -0.3 is 10.8 Å². The van der Waals surface area contributed by atoms with E-state index in [0.717, 1.165) is 17.4 Å². The van der Waals surface area contributed by atoms with Crippen molar-refractivity contribution in [3.63, 3.8) is 0 Å². The quantitative estimate of drug-likeness (QED) is 0.896. The molecule has 0 radical (unpaired) electrons. The van der Waals surface area contributed by atoms with Gasteiger partial charge in [-0.05, 0) is 17.5 Å². The number of anilines is 1. The summed E-state index contributed by atoms with van der Waals surface area (Å²) < 4.78 is 27.3. The largest absolute Gasteiger partial charge is 0.477 e. The molecule has 1 heterocycles. The van der Waals surface area contributed by atoms with Crippen molar-refractivity contribution in [1.29, 1.82) is 0 Å². The summed E-state index contributed by atoms with van der Waals surface area (Å²) in [6.07, 6.45) is 0. The zero-order chi connectivity index (χ0) is 15.0. The van der Waals surface area contributed by atoms with Gasteiger partial charge in [0.25, 0.3) is 0 Å². The van der Waals surface area contributed by atoms with Crippen molar-refractivity contribution >= 4 is 23.0 Å². The van der Waals surface area contributed by atoms with E-state index in [0.29, 0.717) is 10.4 Å². The lowest BCUT2D eigenvalue weighted by Gasteiger charge is -2.09. The average Bonchev–Trinajstić information content (AvgIpc) is 2.70. The second-order valence-corrected chi connectivity index (χ2v) is 5.67. The number of thiophene rings is 1. The number of benzene rings is 1. The van der Waals surface area contributed by atoms with Crippen molar-refractivity contribution in [2.75, 3.05) is 5.73 Å². The number of aromatic carboxylic acids is 1. The molecule has 1 aromatic heterocycles. The topological polar surface area (TPSA) is 63.3 Å². The molecule has 0 saturated carbocycles. The van der Waals surface area contributed by atoms with Gasteiger partial charge in [0.2, 0.25) is 0 Å². The monoisotopic (exact) mass is 297 g/mol. The zero-order valence-electron chi connectivity index (χ0n) is 10.9. The predicted octanol–water partition coefficient (Wildman–Crippen LogP) is 4.10. The van der Waals surface area contributed by atoms with E-state index in [4.69, 9.17) is 10.8 Å². The third-order valence-electron chi connectivity index (χ3n) is 2.95. The normalized spacial score (nSPS) is 11.1. The molecule has 106 valence electrons. The number of carbonyl (C=O) groups is 1. The number of carboxylic acids is 1. The Morgan fingerprint density at radius 2 is 2.00 bits per heavy atom. The highest BCUT2D eigenvalue weighted by molar-refractivity contribution is 7.18. The molecule has 0 amide bonds. The maximum atomic E-state index is 13.9. The lowest BCUT2D eigenvalue weighted by Crippen LogP contribution is -2.01. The summed E-state index contributed by atoms with van der Waals surface area (Å²) in [6.45, 7) is 3.65. The summed E-state index contributed by atoms with van der Waals surface area (Å²) in [6, 6.07) is 3.82. The van der Waals surface area contributed by atoms with Gasteiger partial charge in [-0.25, -0.2) is 13.6 Å². The van der Waals surface area contributed by atoms with Gasteiger partial charge in [-0.1, -0.05) is 26.0 Å². The van der Waals surface area contributed by atoms with Crippen LogP contribution in [0.15, 0.2) is 18.2 Å². The number of hydrogen-bond acceptors (Lipinski definition) is 3. The molecule has 0 aliphatic rings. The minimum atomic E-state index is -1.17. The molecule has 0 bridgehead atoms. The molecule has 3 nitrogen and oxygen atoms in total. The average molecular weight is 297 g/mol. The summed E-state index contributed by atoms with van der Waals surface area (Å²) >= 11 is 0.867. The van der Waals surface area contributed by atoms with Crippen LogP contribution >= 0.6 is 11.3 Å². The van der Waals surface area contributed by atoms with Gasteiger partial charge in [-0.15, -0.1) is 11.3 Å². The molecule has 6 heteroatoms. The number of hydrogen-bond donors (Lipinski definition) is 2. The maximum Gasteiger partial charge on any atom is 0.348 e. The SMILES string of the molecule is CC(C)c1c(-c2cccc(F)c2F)sc(C(=O)O)c1N. The van der Waals surface area contributed by atoms with Crippen LogP contribution in [0.1, 0.15) is 35.0 Å². The first-order chi connectivity index (χ1) is 9.34. The van der Waals surface area contributed by atoms with Crippen LogP contribution in [0.4, 0.5) is 14.5 Å². The minimum absolute atomic E-state index is 0.0397. The third-order valence-corrected chi connectivity index (χ3v) is 4.19. The molecule has 3 N–H and O–H groups in total. The van der Waals surface area contributed by atoms with E-state index in [-0.39, 0.29) is 22.0 Å². The Hall–Kier alpha value is -1.95. The molecule has 2 aromatic rings. The van der Waals surface area contributed by atoms with E-state index in [1.165, 1.54) is 12.1 Å². The highest BCUT2D eigenvalue weighted by atomic mass is 32.1. The second kappa shape index (κ2) is 5.20. The summed E-state index contributed by atoms with van der Waals surface area (Å²) in [5.41, 5.74) is 6.54. The van der Waals surface area contributed by atoms with Gasteiger partial charge >= 0.3 is 5.97 Å². The van der Waals surface area contributed by atoms with Gasteiger partial charge in [-0.3, -0.25) is 0 Å². The van der Waals surface area contributed by atoms with Crippen LogP contribution in [0.3, 0.4) is 0 Å². The number of nitrogen functional groups attached to an aromatic ring is 1. The maximum absolute atomic E-state index is 13.9. The van der Waals surface area contributed by atoms with Crippen molar-refractivity contribution in [2.24, 2.45) is 0 Å². The summed E-state index contributed by atoms with van der Waals surface area (Å²) in [5, 5.41) is 9.12. The number of halogens is 2. The Kier molecular flexibility index (Phi) is 3.76. The molecule has 1 aromatic carbocycles. The molecular formula is C14H13F2NO2S. The molecule has 0 fully saturated rings.